The molecule has 0 saturated heterocycles. The van der Waals surface area contributed by atoms with Crippen LogP contribution in [-0.4, -0.2) is 0 Å². The van der Waals surface area contributed by atoms with E-state index < -0.39 is 0 Å². The lowest BCUT2D eigenvalue weighted by molar-refractivity contribution is 0.673. The zero-order valence-electron chi connectivity index (χ0n) is 28.7. The van der Waals surface area contributed by atoms with E-state index in [1.54, 1.807) is 0 Å². The Labute approximate surface area is 310 Å². The van der Waals surface area contributed by atoms with Crippen molar-refractivity contribution in [2.24, 2.45) is 0 Å². The SMILES string of the molecule is c1ccc2cc(-c3ccc(N(c4ccc(-c5cccc6oc7c8ccccc8ccc7c56)cc4)c4cccc5sc6ccccc6c45)cc3)ccc2c1. The van der Waals surface area contributed by atoms with Crippen LogP contribution in [0.15, 0.2) is 192 Å². The second-order valence-electron chi connectivity index (χ2n) is 13.7. The number of anilines is 3. The zero-order valence-corrected chi connectivity index (χ0v) is 29.5. The predicted molar refractivity (Wildman–Crippen MR) is 227 cm³/mol. The fourth-order valence-corrected chi connectivity index (χ4v) is 9.25. The van der Waals surface area contributed by atoms with Crippen LogP contribution in [0.1, 0.15) is 0 Å². The van der Waals surface area contributed by atoms with Crippen LogP contribution in [-0.2, 0) is 0 Å². The number of nitrogens with zero attached hydrogens (tertiary/aromatic N) is 1. The molecule has 0 amide bonds. The second kappa shape index (κ2) is 11.9. The minimum atomic E-state index is 0.905. The highest BCUT2D eigenvalue weighted by atomic mass is 32.1. The van der Waals surface area contributed by atoms with Gasteiger partial charge in [0, 0.05) is 47.7 Å². The minimum Gasteiger partial charge on any atom is -0.455 e. The lowest BCUT2D eigenvalue weighted by atomic mass is 9.97. The van der Waals surface area contributed by atoms with Crippen molar-refractivity contribution in [3.8, 4) is 22.3 Å². The molecule has 2 heterocycles. The summed E-state index contributed by atoms with van der Waals surface area (Å²) in [5.74, 6) is 0. The molecule has 0 saturated carbocycles. The van der Waals surface area contributed by atoms with Crippen LogP contribution in [0.2, 0.25) is 0 Å². The molecule has 2 aromatic heterocycles. The van der Waals surface area contributed by atoms with Gasteiger partial charge in [-0.2, -0.15) is 0 Å². The Morgan fingerprint density at radius 2 is 1.04 bits per heavy atom. The molecule has 0 aliphatic heterocycles. The van der Waals surface area contributed by atoms with Crippen molar-refractivity contribution in [3.63, 3.8) is 0 Å². The van der Waals surface area contributed by atoms with Gasteiger partial charge in [-0.15, -0.1) is 11.3 Å². The van der Waals surface area contributed by atoms with Crippen molar-refractivity contribution in [1.29, 1.82) is 0 Å². The highest BCUT2D eigenvalue weighted by Gasteiger charge is 2.20. The molecule has 0 unspecified atom stereocenters. The summed E-state index contributed by atoms with van der Waals surface area (Å²) in [5, 5.41) is 9.67. The number of fused-ring (bicyclic) bond motifs is 9. The summed E-state index contributed by atoms with van der Waals surface area (Å²) in [5.41, 5.74) is 9.96. The van der Waals surface area contributed by atoms with Crippen LogP contribution in [0.25, 0.3) is 85.9 Å². The molecule has 0 spiro atoms. The van der Waals surface area contributed by atoms with E-state index in [9.17, 15) is 0 Å². The van der Waals surface area contributed by atoms with E-state index in [4.69, 9.17) is 4.42 Å². The van der Waals surface area contributed by atoms with E-state index in [0.717, 1.165) is 44.3 Å². The van der Waals surface area contributed by atoms with Gasteiger partial charge in [0.05, 0.1) is 5.69 Å². The third kappa shape index (κ3) is 4.86. The summed E-state index contributed by atoms with van der Waals surface area (Å²) in [4.78, 5) is 2.41. The van der Waals surface area contributed by atoms with Crippen molar-refractivity contribution in [3.05, 3.63) is 188 Å². The summed E-state index contributed by atoms with van der Waals surface area (Å²) in [7, 11) is 0. The largest absolute Gasteiger partial charge is 0.455 e. The van der Waals surface area contributed by atoms with Gasteiger partial charge in [0.1, 0.15) is 11.2 Å². The summed E-state index contributed by atoms with van der Waals surface area (Å²) < 4.78 is 9.11. The number of hydrogen-bond donors (Lipinski definition) is 0. The Bertz CT molecular complexity index is 3170. The first-order valence-corrected chi connectivity index (χ1v) is 18.8. The summed E-state index contributed by atoms with van der Waals surface area (Å²) in [6.45, 7) is 0. The molecule has 0 aliphatic rings. The van der Waals surface area contributed by atoms with Crippen molar-refractivity contribution in [1.82, 2.24) is 0 Å². The van der Waals surface area contributed by atoms with Gasteiger partial charge in [-0.25, -0.2) is 0 Å². The molecule has 53 heavy (non-hydrogen) atoms. The predicted octanol–water partition coefficient (Wildman–Crippen LogP) is 15.1. The van der Waals surface area contributed by atoms with Crippen molar-refractivity contribution >= 4 is 92.1 Å². The lowest BCUT2D eigenvalue weighted by Gasteiger charge is -2.27. The van der Waals surface area contributed by atoms with Crippen LogP contribution in [0, 0.1) is 0 Å². The molecule has 9 aromatic carbocycles. The van der Waals surface area contributed by atoms with Crippen LogP contribution >= 0.6 is 11.3 Å². The van der Waals surface area contributed by atoms with E-state index in [-0.39, 0.29) is 0 Å². The molecule has 0 aliphatic carbocycles. The quantitative estimate of drug-likeness (QED) is 0.178. The van der Waals surface area contributed by atoms with E-state index in [1.165, 1.54) is 58.7 Å². The number of benzene rings is 9. The molecule has 2 nitrogen and oxygen atoms in total. The average molecular weight is 694 g/mol. The third-order valence-electron chi connectivity index (χ3n) is 10.7. The standard InChI is InChI=1S/C50H31NOS/c1-2-11-36-31-37(20-19-32(36)9-1)33-21-26-38(27-22-33)51(44-15-8-18-47-49(44)42-13-5-6-17-46(42)53-47)39-28-23-35(24-29-39)40-14-7-16-45-48(40)43-30-25-34-10-3-4-12-41(34)50(43)52-45/h1-31H. The van der Waals surface area contributed by atoms with Gasteiger partial charge in [-0.3, -0.25) is 0 Å². The fraction of sp³-hybridized carbons (Fsp3) is 0. The van der Waals surface area contributed by atoms with E-state index >= 15 is 0 Å². The Kier molecular flexibility index (Phi) is 6.76. The topological polar surface area (TPSA) is 16.4 Å². The van der Waals surface area contributed by atoms with Crippen LogP contribution < -0.4 is 4.90 Å². The molecule has 11 aromatic rings. The average Bonchev–Trinajstić information content (AvgIpc) is 3.81. The maximum absolute atomic E-state index is 6.53. The molecule has 0 radical (unpaired) electrons. The summed E-state index contributed by atoms with van der Waals surface area (Å²) >= 11 is 1.85. The Morgan fingerprint density at radius 1 is 0.396 bits per heavy atom. The third-order valence-corrected chi connectivity index (χ3v) is 11.8. The van der Waals surface area contributed by atoms with Gasteiger partial charge in [-0.05, 0) is 99.1 Å². The smallest absolute Gasteiger partial charge is 0.143 e. The van der Waals surface area contributed by atoms with Crippen LogP contribution in [0.5, 0.6) is 0 Å². The van der Waals surface area contributed by atoms with Gasteiger partial charge in [0.2, 0.25) is 0 Å². The maximum atomic E-state index is 6.53. The zero-order chi connectivity index (χ0) is 34.9. The fourth-order valence-electron chi connectivity index (χ4n) is 8.13. The van der Waals surface area contributed by atoms with E-state index in [1.807, 2.05) is 11.3 Å². The number of thiophene rings is 1. The molecule has 11 rings (SSSR count). The van der Waals surface area contributed by atoms with Crippen molar-refractivity contribution < 1.29 is 4.42 Å². The maximum Gasteiger partial charge on any atom is 0.143 e. The van der Waals surface area contributed by atoms with Crippen LogP contribution in [0.4, 0.5) is 17.1 Å². The van der Waals surface area contributed by atoms with Gasteiger partial charge < -0.3 is 9.32 Å². The monoisotopic (exact) mass is 693 g/mol. The highest BCUT2D eigenvalue weighted by molar-refractivity contribution is 7.26. The van der Waals surface area contributed by atoms with Gasteiger partial charge >= 0.3 is 0 Å². The molecular formula is C50H31NOS. The Balaban J connectivity index is 1.06. The molecular weight excluding hydrogens is 663 g/mol. The number of hydrogen-bond acceptors (Lipinski definition) is 3. The minimum absolute atomic E-state index is 0.905. The summed E-state index contributed by atoms with van der Waals surface area (Å²) in [6.07, 6.45) is 0. The lowest BCUT2D eigenvalue weighted by Crippen LogP contribution is -2.10. The van der Waals surface area contributed by atoms with E-state index in [2.05, 4.69) is 193 Å². The Hall–Kier alpha value is -6.68. The number of rotatable bonds is 5. The molecule has 0 N–H and O–H groups in total. The number of furan rings is 1. The van der Waals surface area contributed by atoms with Crippen LogP contribution in [0.3, 0.4) is 0 Å². The first-order valence-electron chi connectivity index (χ1n) is 18.0. The highest BCUT2D eigenvalue weighted by Crippen LogP contribution is 2.46. The molecule has 0 fully saturated rings. The molecule has 3 heteroatoms. The molecule has 0 bridgehead atoms. The molecule has 248 valence electrons. The summed E-state index contributed by atoms with van der Waals surface area (Å²) in [6, 6.07) is 68.0. The Morgan fingerprint density at radius 3 is 1.87 bits per heavy atom. The second-order valence-corrected chi connectivity index (χ2v) is 14.8. The van der Waals surface area contributed by atoms with E-state index in [0.29, 0.717) is 0 Å². The van der Waals surface area contributed by atoms with Gasteiger partial charge in [0.25, 0.3) is 0 Å². The first kappa shape index (κ1) is 30.0. The normalized spacial score (nSPS) is 11.8. The van der Waals surface area contributed by atoms with Crippen molar-refractivity contribution in [2.75, 3.05) is 4.90 Å². The first-order chi connectivity index (χ1) is 26.3. The van der Waals surface area contributed by atoms with Crippen molar-refractivity contribution in [2.45, 2.75) is 0 Å². The molecule has 0 atom stereocenters. The van der Waals surface area contributed by atoms with Gasteiger partial charge in [0.15, 0.2) is 0 Å². The van der Waals surface area contributed by atoms with Gasteiger partial charge in [-0.1, -0.05) is 127 Å².